The van der Waals surface area contributed by atoms with Gasteiger partial charge in [0.15, 0.2) is 0 Å². The molecule has 0 spiro atoms. The van der Waals surface area contributed by atoms with Crippen molar-refractivity contribution in [1.82, 2.24) is 29.4 Å². The fourth-order valence-corrected chi connectivity index (χ4v) is 17.9. The van der Waals surface area contributed by atoms with Crippen molar-refractivity contribution in [1.29, 1.82) is 0 Å². The Morgan fingerprint density at radius 3 is 0.773 bits per heavy atom. The molecule has 402 valence electrons. The van der Waals surface area contributed by atoms with Crippen LogP contribution in [-0.4, -0.2) is 150 Å². The molecule has 7 aliphatic carbocycles. The van der Waals surface area contributed by atoms with Gasteiger partial charge in [0.1, 0.15) is 0 Å². The van der Waals surface area contributed by atoms with Crippen molar-refractivity contribution in [3.63, 3.8) is 0 Å². The highest BCUT2D eigenvalue weighted by Gasteiger charge is 2.65. The summed E-state index contributed by atoms with van der Waals surface area (Å²) in [4.78, 5) is 174. The van der Waals surface area contributed by atoms with E-state index in [0.29, 0.717) is 76.5 Å². The molecule has 19 nitrogen and oxygen atoms in total. The number of ether oxygens (including phenoxy) is 1. The molecule has 0 aromatic heterocycles. The van der Waals surface area contributed by atoms with E-state index in [-0.39, 0.29) is 146 Å². The quantitative estimate of drug-likeness (QED) is 0.334. The van der Waals surface area contributed by atoms with Crippen LogP contribution in [0.3, 0.4) is 0 Å². The van der Waals surface area contributed by atoms with Gasteiger partial charge >= 0.3 is 0 Å². The summed E-state index contributed by atoms with van der Waals surface area (Å²) < 4.78 is 6.59. The summed E-state index contributed by atoms with van der Waals surface area (Å²) in [6.07, 6.45) is 11.2. The molecular formula is C56H70N6O13. The molecule has 12 amide bonds. The second-order valence-electron chi connectivity index (χ2n) is 25.5. The van der Waals surface area contributed by atoms with Gasteiger partial charge in [0.25, 0.3) is 0 Å². The fourth-order valence-electron chi connectivity index (χ4n) is 17.9. The van der Waals surface area contributed by atoms with E-state index in [1.807, 2.05) is 0 Å². The number of nitrogens with zero attached hydrogens (tertiary/aromatic N) is 6. The summed E-state index contributed by atoms with van der Waals surface area (Å²) in [5.41, 5.74) is 0. The first-order chi connectivity index (χ1) is 36.0. The van der Waals surface area contributed by atoms with Crippen LogP contribution in [0.4, 0.5) is 0 Å². The van der Waals surface area contributed by atoms with Gasteiger partial charge in [-0.2, -0.15) is 0 Å². The van der Waals surface area contributed by atoms with Crippen LogP contribution in [0.25, 0.3) is 0 Å². The van der Waals surface area contributed by atoms with Gasteiger partial charge in [-0.3, -0.25) is 86.9 Å². The van der Waals surface area contributed by atoms with Gasteiger partial charge < -0.3 is 4.74 Å². The van der Waals surface area contributed by atoms with E-state index in [1.165, 1.54) is 31.5 Å². The maximum atomic E-state index is 14.3. The lowest BCUT2D eigenvalue weighted by atomic mass is 9.70. The molecule has 6 aliphatic heterocycles. The Balaban J connectivity index is 0.588. The Bertz CT molecular complexity index is 2450. The minimum atomic E-state index is -0.733. The van der Waals surface area contributed by atoms with Gasteiger partial charge in [0.2, 0.25) is 70.9 Å². The fraction of sp³-hybridized carbons (Fsp3) is 0.786. The van der Waals surface area contributed by atoms with Crippen LogP contribution >= 0.6 is 0 Å². The standard InChI is InChI=1S/C56H70N6O13/c1-25-6-8-26(9-7-25)58-49(67)37-21-41-42(22-38(37)50(58)68)54(72)61(53(41)71)29-4-3-5-30(18-29)62-55(73)43-23-39-40(24-44(43)56(62)74)52(70)60(51(39)69)28-12-16-32(17-13-28)75-31-14-10-27(11-15-31)59-47(65)35-19-33-34(20-36(35)48(59)66)46(64)57(2)45(33)63/h25-44H,3-24H2,1-2H3. The normalized spacial score (nSPS) is 45.0. The van der Waals surface area contributed by atoms with Gasteiger partial charge in [-0.15, -0.1) is 0 Å². The van der Waals surface area contributed by atoms with Crippen LogP contribution in [0.1, 0.15) is 148 Å². The maximum absolute atomic E-state index is 14.3. The van der Waals surface area contributed by atoms with E-state index in [9.17, 15) is 57.5 Å². The summed E-state index contributed by atoms with van der Waals surface area (Å²) >= 11 is 0. The van der Waals surface area contributed by atoms with Gasteiger partial charge in [-0.1, -0.05) is 6.92 Å². The predicted molar refractivity (Wildman–Crippen MR) is 257 cm³/mol. The Morgan fingerprint density at radius 1 is 0.280 bits per heavy atom. The van der Waals surface area contributed by atoms with Gasteiger partial charge in [0.05, 0.1) is 83.2 Å². The van der Waals surface area contributed by atoms with E-state index in [2.05, 4.69) is 6.92 Å². The summed E-state index contributed by atoms with van der Waals surface area (Å²) in [7, 11) is 1.46. The van der Waals surface area contributed by atoms with Crippen LogP contribution in [0.5, 0.6) is 0 Å². The molecule has 13 rings (SSSR count). The third kappa shape index (κ3) is 7.46. The number of carbonyl (C=O) groups is 12. The zero-order valence-electron chi connectivity index (χ0n) is 43.1. The number of carbonyl (C=O) groups excluding carboxylic acids is 12. The topological polar surface area (TPSA) is 234 Å². The van der Waals surface area contributed by atoms with E-state index in [1.54, 1.807) is 0 Å². The molecule has 0 bridgehead atoms. The zero-order chi connectivity index (χ0) is 52.2. The summed E-state index contributed by atoms with van der Waals surface area (Å²) in [5, 5.41) is 0. The number of hydrogen-bond donors (Lipinski definition) is 0. The molecular weight excluding hydrogens is 965 g/mol. The first-order valence-corrected chi connectivity index (χ1v) is 28.8. The number of hydrogen-bond acceptors (Lipinski definition) is 13. The van der Waals surface area contributed by atoms with E-state index < -0.39 is 83.1 Å². The van der Waals surface area contributed by atoms with Crippen molar-refractivity contribution in [3.8, 4) is 0 Å². The lowest BCUT2D eigenvalue weighted by Gasteiger charge is -2.38. The molecule has 14 atom stereocenters. The second kappa shape index (κ2) is 18.2. The molecule has 0 N–H and O–H groups in total. The first kappa shape index (κ1) is 49.4. The van der Waals surface area contributed by atoms with Crippen LogP contribution in [0, 0.1) is 76.9 Å². The van der Waals surface area contributed by atoms with Crippen molar-refractivity contribution in [2.24, 2.45) is 76.9 Å². The summed E-state index contributed by atoms with van der Waals surface area (Å²) in [6.45, 7) is 2.18. The van der Waals surface area contributed by atoms with Crippen LogP contribution < -0.4 is 0 Å². The predicted octanol–water partition coefficient (Wildman–Crippen LogP) is 3.13. The van der Waals surface area contributed by atoms with Crippen LogP contribution in [0.2, 0.25) is 0 Å². The maximum Gasteiger partial charge on any atom is 0.233 e. The smallest absolute Gasteiger partial charge is 0.233 e. The average Bonchev–Trinajstić information content (AvgIpc) is 4.14. The number of rotatable bonds is 7. The molecule has 75 heavy (non-hydrogen) atoms. The van der Waals surface area contributed by atoms with Crippen LogP contribution in [0.15, 0.2) is 0 Å². The molecule has 13 aliphatic rings. The third-order valence-electron chi connectivity index (χ3n) is 21.9. The SMILES string of the molecule is CC1CCC(N2C(=O)C3CC4C(=O)N(C5CCCC(N6C(=O)C7CC8C(=O)N(C9CCC(OC%10CCC(N%11C(=O)C%12CC%13C(=O)N(C)C(=O)C%13CC%12C%11=O)CC%10)CC9)C(=O)C8CC7C6=O)C5)C(=O)C4CC3C2=O)CC1. The molecule has 0 radical (unpaired) electrons. The minimum Gasteiger partial charge on any atom is -0.375 e. The monoisotopic (exact) mass is 1030 g/mol. The van der Waals surface area contributed by atoms with Crippen molar-refractivity contribution < 1.29 is 62.3 Å². The van der Waals surface area contributed by atoms with Gasteiger partial charge in [-0.05, 0) is 147 Å². The Kier molecular flexibility index (Phi) is 12.0. The highest BCUT2D eigenvalue weighted by molar-refractivity contribution is 6.12. The zero-order valence-corrected chi connectivity index (χ0v) is 43.1. The van der Waals surface area contributed by atoms with Crippen LogP contribution in [-0.2, 0) is 62.3 Å². The summed E-state index contributed by atoms with van der Waals surface area (Å²) in [5.74, 6) is -10.4. The van der Waals surface area contributed by atoms with Crippen molar-refractivity contribution in [2.75, 3.05) is 7.05 Å². The molecule has 13 fully saturated rings. The third-order valence-corrected chi connectivity index (χ3v) is 21.9. The van der Waals surface area contributed by atoms with Gasteiger partial charge in [0, 0.05) is 37.3 Å². The van der Waals surface area contributed by atoms with E-state index >= 15 is 0 Å². The molecule has 19 heteroatoms. The average molecular weight is 1040 g/mol. The lowest BCUT2D eigenvalue weighted by Crippen LogP contribution is -2.50. The van der Waals surface area contributed by atoms with E-state index in [0.717, 1.165) is 30.6 Å². The molecule has 6 heterocycles. The highest BCUT2D eigenvalue weighted by atomic mass is 16.5. The second-order valence-corrected chi connectivity index (χ2v) is 25.5. The highest BCUT2D eigenvalue weighted by Crippen LogP contribution is 2.53. The number of amides is 12. The largest absolute Gasteiger partial charge is 0.375 e. The minimum absolute atomic E-state index is 0.0632. The Labute approximate surface area is 435 Å². The van der Waals surface area contributed by atoms with Crippen molar-refractivity contribution in [3.05, 3.63) is 0 Å². The molecule has 0 aromatic carbocycles. The molecule has 0 aromatic rings. The molecule has 6 saturated heterocycles. The number of imide groups is 6. The molecule has 7 saturated carbocycles. The Hall–Kier alpha value is -5.20. The first-order valence-electron chi connectivity index (χ1n) is 28.8. The molecule has 14 unspecified atom stereocenters. The van der Waals surface area contributed by atoms with Gasteiger partial charge in [-0.25, -0.2) is 0 Å². The Morgan fingerprint density at radius 2 is 0.507 bits per heavy atom. The van der Waals surface area contributed by atoms with E-state index in [4.69, 9.17) is 4.74 Å². The van der Waals surface area contributed by atoms with Crippen molar-refractivity contribution >= 4 is 70.9 Å². The lowest BCUT2D eigenvalue weighted by molar-refractivity contribution is -0.148. The summed E-state index contributed by atoms with van der Waals surface area (Å²) in [6, 6.07) is -1.76. The van der Waals surface area contributed by atoms with Crippen molar-refractivity contribution in [2.45, 2.75) is 191 Å². The number of fused-ring (bicyclic) bond motifs is 6. The number of likely N-dealkylation sites (tertiary alicyclic amines) is 6.